The van der Waals surface area contributed by atoms with Crippen molar-refractivity contribution in [2.24, 2.45) is 5.90 Å². The van der Waals surface area contributed by atoms with Gasteiger partial charge in [-0.3, -0.25) is 0 Å². The van der Waals surface area contributed by atoms with E-state index in [1.54, 1.807) is 0 Å². The standard InChI is InChI=1S/C3H9N.3K.H4NO4P.H3N.3H/c1-4(2)3;;;;1-5-6(2,3)4;;;;/h1-3H3;;;;1H2,(H2,2,3,4);1H3;;;/q;3*+1;;;3*-1. The predicted molar refractivity (Wildman–Crippen MR) is 45.3 cm³/mol. The van der Waals surface area contributed by atoms with E-state index in [2.05, 4.69) is 10.5 Å². The van der Waals surface area contributed by atoms with Gasteiger partial charge in [0.15, 0.2) is 0 Å². The van der Waals surface area contributed by atoms with Crippen molar-refractivity contribution in [2.45, 2.75) is 0 Å². The minimum atomic E-state index is -4.37. The second-order valence-corrected chi connectivity index (χ2v) is 3.13. The van der Waals surface area contributed by atoms with Crippen LogP contribution in [0.5, 0.6) is 0 Å². The summed E-state index contributed by atoms with van der Waals surface area (Å²) < 4.78 is 12.5. The van der Waals surface area contributed by atoms with Gasteiger partial charge in [0.2, 0.25) is 0 Å². The smallest absolute Gasteiger partial charge is 1.00 e. The van der Waals surface area contributed by atoms with Gasteiger partial charge >= 0.3 is 162 Å². The molecule has 0 aliphatic carbocycles. The quantitative estimate of drug-likeness (QED) is 0.215. The first-order valence-electron chi connectivity index (χ1n) is 2.34. The van der Waals surface area contributed by atoms with Crippen LogP contribution in [0.2, 0.25) is 0 Å². The van der Waals surface area contributed by atoms with E-state index < -0.39 is 7.82 Å². The van der Waals surface area contributed by atoms with Gasteiger partial charge in [-0.05, 0) is 21.1 Å². The van der Waals surface area contributed by atoms with E-state index in [9.17, 15) is 4.57 Å². The third kappa shape index (κ3) is 68.5. The molecule has 0 aromatic heterocycles. The molecule has 0 bridgehead atoms. The number of nitrogens with two attached hydrogens (primary N) is 1. The molecule has 0 aromatic carbocycles. The Morgan fingerprint density at radius 1 is 1.21 bits per heavy atom. The van der Waals surface area contributed by atoms with Gasteiger partial charge in [-0.2, -0.15) is 0 Å². The Hall–Kier alpha value is 4.90. The Morgan fingerprint density at radius 2 is 1.29 bits per heavy atom. The molecule has 7 nitrogen and oxygen atoms in total. The van der Waals surface area contributed by atoms with Crippen LogP contribution in [0, 0.1) is 0 Å². The minimum Gasteiger partial charge on any atom is -1.00 e. The van der Waals surface area contributed by atoms with Gasteiger partial charge in [0.25, 0.3) is 0 Å². The van der Waals surface area contributed by atoms with E-state index in [1.807, 2.05) is 26.0 Å². The van der Waals surface area contributed by atoms with E-state index in [4.69, 9.17) is 9.79 Å². The molecule has 0 rings (SSSR count). The summed E-state index contributed by atoms with van der Waals surface area (Å²) in [5, 5.41) is 0. The summed E-state index contributed by atoms with van der Waals surface area (Å²) >= 11 is 0. The van der Waals surface area contributed by atoms with Crippen LogP contribution < -0.4 is 166 Å². The fraction of sp³-hybridized carbons (Fsp3) is 1.00. The van der Waals surface area contributed by atoms with Crippen molar-refractivity contribution in [3.63, 3.8) is 0 Å². The van der Waals surface area contributed by atoms with Crippen LogP contribution in [-0.2, 0) is 9.19 Å². The average molecular weight is 309 g/mol. The first kappa shape index (κ1) is 36.4. The maximum Gasteiger partial charge on any atom is 1.00 e. The summed E-state index contributed by atoms with van der Waals surface area (Å²) in [6, 6.07) is 0. The Balaban J connectivity index is -0.00000000783. The zero-order valence-corrected chi connectivity index (χ0v) is 20.2. The summed E-state index contributed by atoms with van der Waals surface area (Å²) in [6.07, 6.45) is 0. The van der Waals surface area contributed by atoms with Crippen molar-refractivity contribution in [2.75, 3.05) is 21.1 Å². The second-order valence-electron chi connectivity index (χ2n) is 1.94. The first-order chi connectivity index (χ1) is 4.29. The Bertz CT molecular complexity index is 132. The van der Waals surface area contributed by atoms with Crippen LogP contribution in [0.25, 0.3) is 0 Å². The van der Waals surface area contributed by atoms with Gasteiger partial charge in [0.05, 0.1) is 0 Å². The fourth-order valence-corrected chi connectivity index (χ4v) is 0. The molecule has 7 N–H and O–H groups in total. The molecule has 0 fully saturated rings. The molecule has 0 aliphatic rings. The molecule has 0 radical (unpaired) electrons. The molecule has 78 valence electrons. The molecule has 14 heavy (non-hydrogen) atoms. The molecule has 11 heteroatoms. The number of hydrogen-bond donors (Lipinski definition) is 4. The molecular weight excluding hydrogens is 290 g/mol. The van der Waals surface area contributed by atoms with E-state index >= 15 is 0 Å². The second kappa shape index (κ2) is 23.0. The number of rotatable bonds is 1. The summed E-state index contributed by atoms with van der Waals surface area (Å²) in [5.41, 5.74) is 0. The molecule has 0 unspecified atom stereocenters. The summed E-state index contributed by atoms with van der Waals surface area (Å²) in [5.74, 6) is 4.04. The summed E-state index contributed by atoms with van der Waals surface area (Å²) in [7, 11) is 1.63. The molecule has 0 amide bonds. The van der Waals surface area contributed by atoms with Crippen LogP contribution in [0.4, 0.5) is 0 Å². The van der Waals surface area contributed by atoms with Crippen molar-refractivity contribution in [3.05, 3.63) is 0 Å². The van der Waals surface area contributed by atoms with Crippen LogP contribution in [0.1, 0.15) is 4.28 Å². The molecule has 0 heterocycles. The number of nitrogens with zero attached hydrogens (tertiary/aromatic N) is 1. The topological polar surface area (TPSA) is 131 Å². The third-order valence-corrected chi connectivity index (χ3v) is 0.412. The van der Waals surface area contributed by atoms with Crippen molar-refractivity contribution in [3.8, 4) is 0 Å². The van der Waals surface area contributed by atoms with Gasteiger partial charge < -0.3 is 25.1 Å². The van der Waals surface area contributed by atoms with Crippen LogP contribution in [0.3, 0.4) is 0 Å². The van der Waals surface area contributed by atoms with Gasteiger partial charge in [-0.1, -0.05) is 0 Å². The SMILES string of the molecule is CN(C)C.N.NOP(=O)(O)O.[H-].[H-].[H-].[K+].[K+].[K+]. The molecule has 0 spiro atoms. The Labute approximate surface area is 217 Å². The van der Waals surface area contributed by atoms with Crippen LogP contribution in [0.15, 0.2) is 0 Å². The van der Waals surface area contributed by atoms with Crippen LogP contribution in [-0.4, -0.2) is 35.8 Å². The zero-order chi connectivity index (χ0) is 8.78. The zero-order valence-electron chi connectivity index (χ0n) is 12.9. The monoisotopic (exact) mass is 309 g/mol. The molecule has 0 aliphatic heterocycles. The maximum absolute atomic E-state index is 9.35. The largest absolute Gasteiger partial charge is 1.00 e. The molecule has 0 saturated heterocycles. The van der Waals surface area contributed by atoms with Gasteiger partial charge in [0.1, 0.15) is 0 Å². The summed E-state index contributed by atoms with van der Waals surface area (Å²) in [6.45, 7) is 0. The molecule has 0 atom stereocenters. The summed E-state index contributed by atoms with van der Waals surface area (Å²) in [4.78, 5) is 17.2. The van der Waals surface area contributed by atoms with Crippen molar-refractivity contribution >= 4 is 7.82 Å². The number of phosphoric acid groups is 1. The van der Waals surface area contributed by atoms with Crippen molar-refractivity contribution in [1.29, 1.82) is 0 Å². The van der Waals surface area contributed by atoms with E-state index in [1.165, 1.54) is 0 Å². The van der Waals surface area contributed by atoms with Crippen LogP contribution >= 0.6 is 7.82 Å². The normalized spacial score (nSPS) is 7.64. The van der Waals surface area contributed by atoms with Crippen molar-refractivity contribution < 1.29 is 177 Å². The molecular formula is C3H19K3N3O4P. The fourth-order valence-electron chi connectivity index (χ4n) is 0. The third-order valence-electron chi connectivity index (χ3n) is 0.137. The molecule has 0 saturated carbocycles. The average Bonchev–Trinajstić information content (AvgIpc) is 1.63. The van der Waals surface area contributed by atoms with Gasteiger partial charge in [-0.15, -0.1) is 0 Å². The Kier molecular flexibility index (Phi) is 59.9. The number of hydrogen-bond acceptors (Lipinski definition) is 5. The Morgan fingerprint density at radius 3 is 1.29 bits per heavy atom. The predicted octanol–water partition coefficient (Wildman–Crippen LogP) is -9.34. The minimum absolute atomic E-state index is 0. The van der Waals surface area contributed by atoms with E-state index in [0.29, 0.717) is 0 Å². The van der Waals surface area contributed by atoms with E-state index in [-0.39, 0.29) is 165 Å². The van der Waals surface area contributed by atoms with Gasteiger partial charge in [-0.25, -0.2) is 15.1 Å². The van der Waals surface area contributed by atoms with E-state index in [0.717, 1.165) is 0 Å². The van der Waals surface area contributed by atoms with Gasteiger partial charge in [0, 0.05) is 0 Å². The maximum atomic E-state index is 9.35. The first-order valence-corrected chi connectivity index (χ1v) is 3.87. The van der Waals surface area contributed by atoms with Crippen molar-refractivity contribution in [1.82, 2.24) is 11.1 Å². The molecule has 0 aromatic rings.